The molecule has 0 spiro atoms. The summed E-state index contributed by atoms with van der Waals surface area (Å²) in [5.41, 5.74) is -0.656. The van der Waals surface area contributed by atoms with Gasteiger partial charge in [0.05, 0.1) is 11.5 Å². The molecule has 0 aromatic heterocycles. The van der Waals surface area contributed by atoms with Gasteiger partial charge < -0.3 is 9.64 Å². The maximum Gasteiger partial charge on any atom is 0.410 e. The van der Waals surface area contributed by atoms with Crippen LogP contribution in [0.25, 0.3) is 0 Å². The first-order valence-corrected chi connectivity index (χ1v) is 7.97. The van der Waals surface area contributed by atoms with E-state index in [0.29, 0.717) is 37.9 Å². The van der Waals surface area contributed by atoms with E-state index in [1.54, 1.807) is 25.7 Å². The van der Waals surface area contributed by atoms with Crippen molar-refractivity contribution in [3.8, 4) is 6.07 Å². The summed E-state index contributed by atoms with van der Waals surface area (Å²) in [4.78, 5) is 13.7. The number of ether oxygens (including phenoxy) is 1. The third kappa shape index (κ3) is 4.44. The molecule has 24 heavy (non-hydrogen) atoms. The molecule has 1 aromatic carbocycles. The lowest BCUT2D eigenvalue weighted by Crippen LogP contribution is -2.45. The van der Waals surface area contributed by atoms with Crippen LogP contribution in [0.1, 0.15) is 39.2 Å². The second kappa shape index (κ2) is 6.76. The number of nitriles is 1. The van der Waals surface area contributed by atoms with Crippen LogP contribution in [0, 0.1) is 28.4 Å². The zero-order valence-electron chi connectivity index (χ0n) is 14.2. The Hall–Kier alpha value is -2.16. The predicted molar refractivity (Wildman–Crippen MR) is 85.1 cm³/mol. The Morgan fingerprint density at radius 3 is 2.42 bits per heavy atom. The van der Waals surface area contributed by atoms with Crippen molar-refractivity contribution in [1.29, 1.82) is 5.26 Å². The fourth-order valence-corrected chi connectivity index (χ4v) is 2.81. The van der Waals surface area contributed by atoms with E-state index in [2.05, 4.69) is 6.07 Å². The van der Waals surface area contributed by atoms with Gasteiger partial charge in [-0.2, -0.15) is 5.26 Å². The van der Waals surface area contributed by atoms with Gasteiger partial charge in [-0.05, 0) is 57.7 Å². The summed E-state index contributed by atoms with van der Waals surface area (Å²) in [5, 5.41) is 9.59. The Bertz CT molecular complexity index is 654. The van der Waals surface area contributed by atoms with E-state index in [9.17, 15) is 18.8 Å². The van der Waals surface area contributed by atoms with Crippen LogP contribution in [0.5, 0.6) is 0 Å². The molecule has 0 aliphatic carbocycles. The van der Waals surface area contributed by atoms with Gasteiger partial charge in [-0.15, -0.1) is 0 Å². The van der Waals surface area contributed by atoms with Crippen molar-refractivity contribution >= 4 is 6.09 Å². The van der Waals surface area contributed by atoms with E-state index in [-0.39, 0.29) is 6.09 Å². The van der Waals surface area contributed by atoms with Crippen molar-refractivity contribution in [3.05, 3.63) is 35.4 Å². The predicted octanol–water partition coefficient (Wildman–Crippen LogP) is 4.05. The molecule has 0 radical (unpaired) electrons. The third-order valence-electron chi connectivity index (χ3n) is 4.14. The van der Waals surface area contributed by atoms with Gasteiger partial charge in [-0.25, -0.2) is 13.6 Å². The summed E-state index contributed by atoms with van der Waals surface area (Å²) in [6.07, 6.45) is 0.897. The van der Waals surface area contributed by atoms with Crippen molar-refractivity contribution in [3.63, 3.8) is 0 Å². The molecule has 130 valence electrons. The Morgan fingerprint density at radius 1 is 1.29 bits per heavy atom. The lowest BCUT2D eigenvalue weighted by atomic mass is 9.75. The van der Waals surface area contributed by atoms with E-state index in [4.69, 9.17) is 4.74 Å². The molecule has 0 saturated carbocycles. The van der Waals surface area contributed by atoms with E-state index >= 15 is 0 Å². The fraction of sp³-hybridized carbons (Fsp3) is 0.556. The molecule has 6 heteroatoms. The molecular weight excluding hydrogens is 314 g/mol. The average molecular weight is 336 g/mol. The Balaban J connectivity index is 2.02. The zero-order valence-corrected chi connectivity index (χ0v) is 14.2. The zero-order chi connectivity index (χ0) is 18.0. The smallest absolute Gasteiger partial charge is 0.410 e. The highest BCUT2D eigenvalue weighted by Gasteiger charge is 2.37. The van der Waals surface area contributed by atoms with Crippen LogP contribution in [0.2, 0.25) is 0 Å². The molecule has 2 rings (SSSR count). The average Bonchev–Trinajstić information content (AvgIpc) is 2.50. The van der Waals surface area contributed by atoms with Gasteiger partial charge in [0.25, 0.3) is 0 Å². The van der Waals surface area contributed by atoms with Gasteiger partial charge in [0.2, 0.25) is 0 Å². The van der Waals surface area contributed by atoms with E-state index in [1.165, 1.54) is 6.07 Å². The minimum atomic E-state index is -0.910. The number of likely N-dealkylation sites (tertiary alicyclic amines) is 1. The van der Waals surface area contributed by atoms with E-state index in [0.717, 1.165) is 12.1 Å². The van der Waals surface area contributed by atoms with Crippen LogP contribution in [0.15, 0.2) is 18.2 Å². The Morgan fingerprint density at radius 2 is 1.92 bits per heavy atom. The number of carbonyl (C=O) groups excluding carboxylic acids is 1. The minimum Gasteiger partial charge on any atom is -0.444 e. The minimum absolute atomic E-state index is 0.336. The SMILES string of the molecule is CC(C)(C)OC(=O)N1CCC(C#N)(Cc2ccc(F)c(F)c2)CC1. The molecule has 0 N–H and O–H groups in total. The molecule has 1 amide bonds. The standard InChI is InChI=1S/C18H22F2N2O2/c1-17(2,3)24-16(23)22-8-6-18(12-21,7-9-22)11-13-4-5-14(19)15(20)10-13/h4-5,10H,6-9,11H2,1-3H3. The lowest BCUT2D eigenvalue weighted by molar-refractivity contribution is 0.0148. The second-order valence-corrected chi connectivity index (χ2v) is 7.28. The lowest BCUT2D eigenvalue weighted by Gasteiger charge is -2.37. The quantitative estimate of drug-likeness (QED) is 0.819. The highest BCUT2D eigenvalue weighted by Crippen LogP contribution is 2.35. The van der Waals surface area contributed by atoms with Crippen LogP contribution >= 0.6 is 0 Å². The first-order chi connectivity index (χ1) is 11.1. The van der Waals surface area contributed by atoms with Crippen LogP contribution in [-0.4, -0.2) is 29.7 Å². The van der Waals surface area contributed by atoms with Crippen molar-refractivity contribution in [2.24, 2.45) is 5.41 Å². The molecule has 1 saturated heterocycles. The van der Waals surface area contributed by atoms with Gasteiger partial charge >= 0.3 is 6.09 Å². The van der Waals surface area contributed by atoms with E-state index in [1.807, 2.05) is 0 Å². The van der Waals surface area contributed by atoms with Crippen molar-refractivity contribution in [2.45, 2.75) is 45.6 Å². The first kappa shape index (κ1) is 18.2. The van der Waals surface area contributed by atoms with Crippen molar-refractivity contribution in [2.75, 3.05) is 13.1 Å². The van der Waals surface area contributed by atoms with Gasteiger partial charge in [-0.3, -0.25) is 0 Å². The summed E-state index contributed by atoms with van der Waals surface area (Å²) >= 11 is 0. The summed E-state index contributed by atoms with van der Waals surface area (Å²) in [7, 11) is 0. The molecule has 1 aromatic rings. The maximum atomic E-state index is 13.4. The highest BCUT2D eigenvalue weighted by molar-refractivity contribution is 5.68. The largest absolute Gasteiger partial charge is 0.444 e. The number of benzene rings is 1. The molecule has 1 heterocycles. The Labute approximate surface area is 141 Å². The number of piperidine rings is 1. The van der Waals surface area contributed by atoms with Gasteiger partial charge in [0, 0.05) is 13.1 Å². The highest BCUT2D eigenvalue weighted by atomic mass is 19.2. The van der Waals surface area contributed by atoms with Crippen LogP contribution in [0.3, 0.4) is 0 Å². The molecule has 4 nitrogen and oxygen atoms in total. The molecule has 0 bridgehead atoms. The number of hydrogen-bond acceptors (Lipinski definition) is 3. The van der Waals surface area contributed by atoms with E-state index < -0.39 is 22.7 Å². The number of carbonyl (C=O) groups is 1. The topological polar surface area (TPSA) is 53.3 Å². The summed E-state index contributed by atoms with van der Waals surface area (Å²) in [5.74, 6) is -1.81. The summed E-state index contributed by atoms with van der Waals surface area (Å²) in [6.45, 7) is 6.23. The molecule has 0 unspecified atom stereocenters. The van der Waals surface area contributed by atoms with Gasteiger partial charge in [0.1, 0.15) is 5.60 Å². The van der Waals surface area contributed by atoms with Crippen molar-refractivity contribution in [1.82, 2.24) is 4.90 Å². The number of hydrogen-bond donors (Lipinski definition) is 0. The molecule has 1 aliphatic rings. The number of halogens is 2. The molecular formula is C18H22F2N2O2. The second-order valence-electron chi connectivity index (χ2n) is 7.28. The molecule has 1 aliphatic heterocycles. The number of amides is 1. The summed E-state index contributed by atoms with van der Waals surface area (Å²) < 4.78 is 31.7. The third-order valence-corrected chi connectivity index (χ3v) is 4.14. The van der Waals surface area contributed by atoms with Gasteiger partial charge in [-0.1, -0.05) is 6.07 Å². The fourth-order valence-electron chi connectivity index (χ4n) is 2.81. The maximum absolute atomic E-state index is 13.4. The summed E-state index contributed by atoms with van der Waals surface area (Å²) in [6, 6.07) is 6.02. The normalized spacial score (nSPS) is 17.2. The molecule has 1 fully saturated rings. The monoisotopic (exact) mass is 336 g/mol. The molecule has 0 atom stereocenters. The van der Waals surface area contributed by atoms with Crippen LogP contribution < -0.4 is 0 Å². The number of nitrogens with zero attached hydrogens (tertiary/aromatic N) is 2. The van der Waals surface area contributed by atoms with Crippen LogP contribution in [-0.2, 0) is 11.2 Å². The Kier molecular flexibility index (Phi) is 5.12. The van der Waals surface area contributed by atoms with Crippen molar-refractivity contribution < 1.29 is 18.3 Å². The first-order valence-electron chi connectivity index (χ1n) is 7.97. The van der Waals surface area contributed by atoms with Gasteiger partial charge in [0.15, 0.2) is 11.6 Å². The van der Waals surface area contributed by atoms with Crippen LogP contribution in [0.4, 0.5) is 13.6 Å². The number of rotatable bonds is 2.